The molecular weight excluding hydrogens is 232 g/mol. The summed E-state index contributed by atoms with van der Waals surface area (Å²) < 4.78 is 0. The van der Waals surface area contributed by atoms with Crippen LogP contribution in [0.5, 0.6) is 0 Å². The highest BCUT2D eigenvalue weighted by atomic mass is 16.3. The van der Waals surface area contributed by atoms with E-state index in [1.807, 2.05) is 30.1 Å². The molecule has 1 amide bonds. The SMILES string of the molecule is CN(Cc1ccc2c(c1)CC(=O)N2)C(CO)CO. The van der Waals surface area contributed by atoms with Gasteiger partial charge < -0.3 is 15.5 Å². The summed E-state index contributed by atoms with van der Waals surface area (Å²) in [6.07, 6.45) is 0.427. The Labute approximate surface area is 106 Å². The van der Waals surface area contributed by atoms with Gasteiger partial charge in [-0.2, -0.15) is 0 Å². The Kier molecular flexibility index (Phi) is 3.96. The maximum Gasteiger partial charge on any atom is 0.228 e. The van der Waals surface area contributed by atoms with E-state index in [1.165, 1.54) is 0 Å². The minimum Gasteiger partial charge on any atom is -0.395 e. The number of likely N-dealkylation sites (N-methyl/N-ethyl adjacent to an activating group) is 1. The average Bonchev–Trinajstić information content (AvgIpc) is 2.70. The zero-order valence-electron chi connectivity index (χ0n) is 10.4. The van der Waals surface area contributed by atoms with Gasteiger partial charge in [-0.25, -0.2) is 0 Å². The molecule has 1 aromatic carbocycles. The molecular formula is C13H18N2O3. The summed E-state index contributed by atoms with van der Waals surface area (Å²) in [5, 5.41) is 21.0. The van der Waals surface area contributed by atoms with E-state index in [9.17, 15) is 4.79 Å². The molecule has 0 aliphatic carbocycles. The third kappa shape index (κ3) is 2.69. The van der Waals surface area contributed by atoms with Crippen molar-refractivity contribution in [3.05, 3.63) is 29.3 Å². The van der Waals surface area contributed by atoms with Crippen molar-refractivity contribution in [2.45, 2.75) is 19.0 Å². The summed E-state index contributed by atoms with van der Waals surface area (Å²) in [5.41, 5.74) is 2.96. The number of amides is 1. The van der Waals surface area contributed by atoms with Crippen molar-refractivity contribution >= 4 is 11.6 Å². The third-order valence-corrected chi connectivity index (χ3v) is 3.27. The Bertz CT molecular complexity index is 444. The number of nitrogens with zero attached hydrogens (tertiary/aromatic N) is 1. The van der Waals surface area contributed by atoms with Gasteiger partial charge in [0.25, 0.3) is 0 Å². The smallest absolute Gasteiger partial charge is 0.228 e. The zero-order chi connectivity index (χ0) is 13.1. The molecule has 18 heavy (non-hydrogen) atoms. The van der Waals surface area contributed by atoms with Crippen LogP contribution in [0, 0.1) is 0 Å². The fourth-order valence-corrected chi connectivity index (χ4v) is 2.13. The Morgan fingerprint density at radius 1 is 1.39 bits per heavy atom. The van der Waals surface area contributed by atoms with Crippen LogP contribution in [-0.4, -0.2) is 47.3 Å². The van der Waals surface area contributed by atoms with Gasteiger partial charge in [0, 0.05) is 12.2 Å². The van der Waals surface area contributed by atoms with Crippen molar-refractivity contribution in [1.29, 1.82) is 0 Å². The summed E-state index contributed by atoms with van der Waals surface area (Å²) in [7, 11) is 1.85. The molecule has 5 nitrogen and oxygen atoms in total. The lowest BCUT2D eigenvalue weighted by Crippen LogP contribution is -2.37. The number of benzene rings is 1. The van der Waals surface area contributed by atoms with E-state index >= 15 is 0 Å². The average molecular weight is 250 g/mol. The molecule has 0 saturated heterocycles. The number of aliphatic hydroxyl groups is 2. The van der Waals surface area contributed by atoms with E-state index in [0.717, 1.165) is 16.8 Å². The molecule has 5 heteroatoms. The molecule has 0 radical (unpaired) electrons. The van der Waals surface area contributed by atoms with Crippen LogP contribution in [0.4, 0.5) is 5.69 Å². The van der Waals surface area contributed by atoms with Gasteiger partial charge in [0.2, 0.25) is 5.91 Å². The quantitative estimate of drug-likeness (QED) is 0.686. The van der Waals surface area contributed by atoms with Gasteiger partial charge in [0.1, 0.15) is 0 Å². The Morgan fingerprint density at radius 3 is 2.78 bits per heavy atom. The van der Waals surface area contributed by atoms with Crippen LogP contribution >= 0.6 is 0 Å². The molecule has 0 atom stereocenters. The first-order valence-corrected chi connectivity index (χ1v) is 5.97. The largest absolute Gasteiger partial charge is 0.395 e. The molecule has 98 valence electrons. The maximum absolute atomic E-state index is 11.2. The Morgan fingerprint density at radius 2 is 2.11 bits per heavy atom. The van der Waals surface area contributed by atoms with Gasteiger partial charge >= 0.3 is 0 Å². The summed E-state index contributed by atoms with van der Waals surface area (Å²) in [6.45, 7) is 0.489. The molecule has 0 bridgehead atoms. The summed E-state index contributed by atoms with van der Waals surface area (Å²) in [4.78, 5) is 13.1. The van der Waals surface area contributed by atoms with Crippen LogP contribution in [0.3, 0.4) is 0 Å². The van der Waals surface area contributed by atoms with E-state index in [1.54, 1.807) is 0 Å². The molecule has 3 N–H and O–H groups in total. The summed E-state index contributed by atoms with van der Waals surface area (Å²) >= 11 is 0. The van der Waals surface area contributed by atoms with Crippen LogP contribution < -0.4 is 5.32 Å². The lowest BCUT2D eigenvalue weighted by Gasteiger charge is -2.24. The number of aliphatic hydroxyl groups excluding tert-OH is 2. The number of fused-ring (bicyclic) bond motifs is 1. The summed E-state index contributed by atoms with van der Waals surface area (Å²) in [5.74, 6) is 0.0269. The second-order valence-electron chi connectivity index (χ2n) is 4.65. The number of carbonyl (C=O) groups is 1. The highest BCUT2D eigenvalue weighted by molar-refractivity contribution is 5.99. The van der Waals surface area contributed by atoms with E-state index in [2.05, 4.69) is 5.32 Å². The molecule has 1 aromatic rings. The van der Waals surface area contributed by atoms with E-state index < -0.39 is 0 Å². The zero-order valence-corrected chi connectivity index (χ0v) is 10.4. The van der Waals surface area contributed by atoms with Crippen LogP contribution in [0.1, 0.15) is 11.1 Å². The lowest BCUT2D eigenvalue weighted by atomic mass is 10.1. The number of hydrogen-bond acceptors (Lipinski definition) is 4. The summed E-state index contributed by atoms with van der Waals surface area (Å²) in [6, 6.07) is 5.59. The fraction of sp³-hybridized carbons (Fsp3) is 0.462. The van der Waals surface area contributed by atoms with Crippen molar-refractivity contribution in [2.75, 3.05) is 25.6 Å². The first-order valence-electron chi connectivity index (χ1n) is 5.97. The molecule has 0 spiro atoms. The second kappa shape index (κ2) is 5.48. The highest BCUT2D eigenvalue weighted by Crippen LogP contribution is 2.24. The topological polar surface area (TPSA) is 72.8 Å². The monoisotopic (exact) mass is 250 g/mol. The van der Waals surface area contributed by atoms with E-state index in [-0.39, 0.29) is 25.2 Å². The fourth-order valence-electron chi connectivity index (χ4n) is 2.13. The van der Waals surface area contributed by atoms with Crippen molar-refractivity contribution in [3.63, 3.8) is 0 Å². The highest BCUT2D eigenvalue weighted by Gasteiger charge is 2.18. The van der Waals surface area contributed by atoms with Gasteiger partial charge in [-0.05, 0) is 24.2 Å². The first-order chi connectivity index (χ1) is 8.63. The number of hydrogen-bond donors (Lipinski definition) is 3. The molecule has 2 rings (SSSR count). The predicted octanol–water partition coefficient (Wildman–Crippen LogP) is -0.0338. The van der Waals surface area contributed by atoms with Crippen molar-refractivity contribution in [2.24, 2.45) is 0 Å². The number of rotatable bonds is 5. The van der Waals surface area contributed by atoms with Crippen LogP contribution in [0.15, 0.2) is 18.2 Å². The number of anilines is 1. The normalized spacial score (nSPS) is 14.2. The minimum absolute atomic E-state index is 0.0269. The maximum atomic E-state index is 11.2. The van der Waals surface area contributed by atoms with Crippen LogP contribution in [0.25, 0.3) is 0 Å². The lowest BCUT2D eigenvalue weighted by molar-refractivity contribution is -0.115. The Balaban J connectivity index is 2.07. The van der Waals surface area contributed by atoms with Gasteiger partial charge in [-0.3, -0.25) is 9.69 Å². The Hall–Kier alpha value is -1.43. The third-order valence-electron chi connectivity index (χ3n) is 3.27. The van der Waals surface area contributed by atoms with Crippen LogP contribution in [-0.2, 0) is 17.8 Å². The van der Waals surface area contributed by atoms with Crippen LogP contribution in [0.2, 0.25) is 0 Å². The molecule has 1 aliphatic rings. The molecule has 0 aromatic heterocycles. The van der Waals surface area contributed by atoms with Crippen molar-refractivity contribution in [3.8, 4) is 0 Å². The number of carbonyl (C=O) groups excluding carboxylic acids is 1. The molecule has 0 unspecified atom stereocenters. The van der Waals surface area contributed by atoms with Crippen molar-refractivity contribution < 1.29 is 15.0 Å². The van der Waals surface area contributed by atoms with E-state index in [4.69, 9.17) is 10.2 Å². The van der Waals surface area contributed by atoms with Gasteiger partial charge in [-0.1, -0.05) is 12.1 Å². The van der Waals surface area contributed by atoms with Gasteiger partial charge in [0.05, 0.1) is 25.7 Å². The first kappa shape index (κ1) is 13.0. The van der Waals surface area contributed by atoms with Gasteiger partial charge in [0.15, 0.2) is 0 Å². The molecule has 0 fully saturated rings. The minimum atomic E-state index is -0.252. The molecule has 0 saturated carbocycles. The standard InChI is InChI=1S/C13H18N2O3/c1-15(11(7-16)8-17)6-9-2-3-12-10(4-9)5-13(18)14-12/h2-4,11,16-17H,5-8H2,1H3,(H,14,18). The number of nitrogens with one attached hydrogen (secondary N) is 1. The van der Waals surface area contributed by atoms with Crippen molar-refractivity contribution in [1.82, 2.24) is 4.90 Å². The molecule has 1 heterocycles. The van der Waals surface area contributed by atoms with E-state index in [0.29, 0.717) is 13.0 Å². The molecule has 1 aliphatic heterocycles. The van der Waals surface area contributed by atoms with Gasteiger partial charge in [-0.15, -0.1) is 0 Å². The predicted molar refractivity (Wildman–Crippen MR) is 68.2 cm³/mol. The second-order valence-corrected chi connectivity index (χ2v) is 4.65.